The molecule has 0 aliphatic heterocycles. The number of halogens is 2. The van der Waals surface area contributed by atoms with Crippen molar-refractivity contribution < 1.29 is 4.39 Å². The van der Waals surface area contributed by atoms with Crippen LogP contribution in [-0.2, 0) is 0 Å². The summed E-state index contributed by atoms with van der Waals surface area (Å²) in [6.07, 6.45) is 0.414. The van der Waals surface area contributed by atoms with Crippen molar-refractivity contribution in [1.29, 1.82) is 0 Å². The van der Waals surface area contributed by atoms with Gasteiger partial charge in [-0.05, 0) is 12.1 Å². The van der Waals surface area contributed by atoms with E-state index in [0.717, 1.165) is 0 Å². The Balaban J connectivity index is 2.75. The van der Waals surface area contributed by atoms with Gasteiger partial charge in [0.25, 0.3) is 0 Å². The predicted octanol–water partition coefficient (Wildman–Crippen LogP) is 2.33. The summed E-state index contributed by atoms with van der Waals surface area (Å²) in [4.78, 5) is 3.79. The third-order valence-corrected chi connectivity index (χ3v) is 1.42. The highest BCUT2D eigenvalue weighted by Gasteiger charge is 2.06. The average molecular weight is 160 g/mol. The van der Waals surface area contributed by atoms with Gasteiger partial charge in [-0.25, -0.2) is 4.39 Å². The Kier molecular flexibility index (Phi) is 2.63. The molecule has 1 unspecified atom stereocenters. The Bertz CT molecular complexity index is 190. The molecule has 0 bridgehead atoms. The van der Waals surface area contributed by atoms with Crippen LogP contribution in [0, 0.1) is 0 Å². The number of rotatable bonds is 2. The molecule has 1 aromatic rings. The fraction of sp³-hybridized carbons (Fsp3) is 0.286. The summed E-state index contributed by atoms with van der Waals surface area (Å²) < 4.78 is 12.7. The lowest BCUT2D eigenvalue weighted by Gasteiger charge is -2.00. The molecule has 3 heteroatoms. The van der Waals surface area contributed by atoms with Crippen LogP contribution >= 0.6 is 11.6 Å². The molecule has 54 valence electrons. The molecule has 1 rings (SSSR count). The second-order valence-corrected chi connectivity index (χ2v) is 2.19. The molecule has 0 N–H and O–H groups in total. The Morgan fingerprint density at radius 2 is 2.40 bits per heavy atom. The van der Waals surface area contributed by atoms with Crippen molar-refractivity contribution >= 4 is 11.6 Å². The van der Waals surface area contributed by atoms with Crippen molar-refractivity contribution in [1.82, 2.24) is 4.98 Å². The molecule has 0 aliphatic carbocycles. The Morgan fingerprint density at radius 1 is 1.60 bits per heavy atom. The van der Waals surface area contributed by atoms with Gasteiger partial charge in [0.15, 0.2) is 6.17 Å². The van der Waals surface area contributed by atoms with Crippen LogP contribution in [0.1, 0.15) is 11.9 Å². The minimum atomic E-state index is -1.14. The number of aromatic nitrogens is 1. The summed E-state index contributed by atoms with van der Waals surface area (Å²) in [6.45, 7) is 0. The number of nitrogens with zero attached hydrogens (tertiary/aromatic N) is 1. The first kappa shape index (κ1) is 7.48. The van der Waals surface area contributed by atoms with Gasteiger partial charge in [-0.3, -0.25) is 4.98 Å². The molecule has 0 aromatic carbocycles. The lowest BCUT2D eigenvalue weighted by Crippen LogP contribution is -1.94. The summed E-state index contributed by atoms with van der Waals surface area (Å²) >= 11 is 5.27. The Morgan fingerprint density at radius 3 is 2.90 bits per heavy atom. The van der Waals surface area contributed by atoms with Gasteiger partial charge >= 0.3 is 0 Å². The maximum atomic E-state index is 12.7. The lowest BCUT2D eigenvalue weighted by molar-refractivity contribution is 0.370. The number of pyridine rings is 1. The third-order valence-electron chi connectivity index (χ3n) is 1.14. The summed E-state index contributed by atoms with van der Waals surface area (Å²) in [5.41, 5.74) is 0.400. The van der Waals surface area contributed by atoms with Gasteiger partial charge in [0.1, 0.15) is 0 Å². The third kappa shape index (κ3) is 1.67. The predicted molar refractivity (Wildman–Crippen MR) is 38.8 cm³/mol. The zero-order valence-electron chi connectivity index (χ0n) is 5.30. The molecule has 0 fully saturated rings. The molecule has 0 saturated heterocycles. The van der Waals surface area contributed by atoms with Gasteiger partial charge in [-0.2, -0.15) is 0 Å². The normalized spacial score (nSPS) is 13.0. The largest absolute Gasteiger partial charge is 0.258 e. The van der Waals surface area contributed by atoms with E-state index in [1.807, 2.05) is 0 Å². The number of alkyl halides is 2. The zero-order chi connectivity index (χ0) is 7.40. The van der Waals surface area contributed by atoms with Crippen LogP contribution in [0.2, 0.25) is 0 Å². The van der Waals surface area contributed by atoms with Crippen LogP contribution < -0.4 is 0 Å². The standard InChI is InChI=1S/C7H7ClFN/c8-5-6(9)7-3-1-2-4-10-7/h1-4,6H,5H2. The van der Waals surface area contributed by atoms with Crippen molar-refractivity contribution in [3.8, 4) is 0 Å². The molecule has 1 aromatic heterocycles. The summed E-state index contributed by atoms with van der Waals surface area (Å²) in [6, 6.07) is 5.10. The van der Waals surface area contributed by atoms with Crippen molar-refractivity contribution in [2.75, 3.05) is 5.88 Å². The average Bonchev–Trinajstić information content (AvgIpc) is 2.05. The molecule has 0 saturated carbocycles. The van der Waals surface area contributed by atoms with Crippen molar-refractivity contribution in [3.63, 3.8) is 0 Å². The van der Waals surface area contributed by atoms with E-state index in [9.17, 15) is 4.39 Å². The molecule has 10 heavy (non-hydrogen) atoms. The first-order valence-corrected chi connectivity index (χ1v) is 3.49. The topological polar surface area (TPSA) is 12.9 Å². The highest BCUT2D eigenvalue weighted by Crippen LogP contribution is 2.14. The molecule has 0 aliphatic rings. The first-order chi connectivity index (χ1) is 4.84. The van der Waals surface area contributed by atoms with Gasteiger partial charge in [0.2, 0.25) is 0 Å². The van der Waals surface area contributed by atoms with E-state index in [4.69, 9.17) is 11.6 Å². The van der Waals surface area contributed by atoms with Crippen LogP contribution in [0.15, 0.2) is 24.4 Å². The molecule has 0 amide bonds. The molecule has 1 nitrogen and oxygen atoms in total. The maximum absolute atomic E-state index is 12.7. The van der Waals surface area contributed by atoms with E-state index in [-0.39, 0.29) is 5.88 Å². The van der Waals surface area contributed by atoms with Crippen molar-refractivity contribution in [2.45, 2.75) is 6.17 Å². The van der Waals surface area contributed by atoms with Crippen molar-refractivity contribution in [2.24, 2.45) is 0 Å². The fourth-order valence-corrected chi connectivity index (χ4v) is 0.798. The van der Waals surface area contributed by atoms with Gasteiger partial charge < -0.3 is 0 Å². The minimum Gasteiger partial charge on any atom is -0.258 e. The molecule has 0 radical (unpaired) electrons. The maximum Gasteiger partial charge on any atom is 0.155 e. The van der Waals surface area contributed by atoms with Gasteiger partial charge in [0.05, 0.1) is 11.6 Å². The van der Waals surface area contributed by atoms with Crippen molar-refractivity contribution in [3.05, 3.63) is 30.1 Å². The van der Waals surface area contributed by atoms with Gasteiger partial charge in [0, 0.05) is 6.20 Å². The number of hydrogen-bond acceptors (Lipinski definition) is 1. The second kappa shape index (κ2) is 3.52. The van der Waals surface area contributed by atoms with E-state index in [1.165, 1.54) is 0 Å². The highest BCUT2D eigenvalue weighted by atomic mass is 35.5. The molecule has 1 atom stereocenters. The first-order valence-electron chi connectivity index (χ1n) is 2.95. The Hall–Kier alpha value is -0.630. The van der Waals surface area contributed by atoms with Gasteiger partial charge in [-0.15, -0.1) is 11.6 Å². The molecule has 0 spiro atoms. The van der Waals surface area contributed by atoms with E-state index < -0.39 is 6.17 Å². The van der Waals surface area contributed by atoms with Crippen LogP contribution in [-0.4, -0.2) is 10.9 Å². The summed E-state index contributed by atoms with van der Waals surface area (Å²) in [7, 11) is 0. The highest BCUT2D eigenvalue weighted by molar-refractivity contribution is 6.18. The van der Waals surface area contributed by atoms with E-state index in [0.29, 0.717) is 5.69 Å². The molecule has 1 heterocycles. The monoisotopic (exact) mass is 159 g/mol. The SMILES string of the molecule is FC(CCl)c1ccccn1. The fourth-order valence-electron chi connectivity index (χ4n) is 0.640. The smallest absolute Gasteiger partial charge is 0.155 e. The zero-order valence-corrected chi connectivity index (χ0v) is 6.05. The van der Waals surface area contributed by atoms with E-state index >= 15 is 0 Å². The Labute approximate surface area is 63.8 Å². The molecular weight excluding hydrogens is 153 g/mol. The quantitative estimate of drug-likeness (QED) is 0.604. The lowest BCUT2D eigenvalue weighted by atomic mass is 10.3. The summed E-state index contributed by atoms with van der Waals surface area (Å²) in [5, 5.41) is 0. The van der Waals surface area contributed by atoms with E-state index in [2.05, 4.69) is 4.98 Å². The molecular formula is C7H7ClFN. The minimum absolute atomic E-state index is 0.0307. The second-order valence-electron chi connectivity index (χ2n) is 1.88. The van der Waals surface area contributed by atoms with Crippen LogP contribution in [0.25, 0.3) is 0 Å². The number of hydrogen-bond donors (Lipinski definition) is 0. The summed E-state index contributed by atoms with van der Waals surface area (Å²) in [5.74, 6) is -0.0307. The van der Waals surface area contributed by atoms with Crippen LogP contribution in [0.5, 0.6) is 0 Å². The van der Waals surface area contributed by atoms with Crippen LogP contribution in [0.3, 0.4) is 0 Å². The van der Waals surface area contributed by atoms with Crippen LogP contribution in [0.4, 0.5) is 4.39 Å². The van der Waals surface area contributed by atoms with E-state index in [1.54, 1.807) is 24.4 Å². The van der Waals surface area contributed by atoms with Gasteiger partial charge in [-0.1, -0.05) is 6.07 Å².